The van der Waals surface area contributed by atoms with Gasteiger partial charge in [0.1, 0.15) is 24.0 Å². The quantitative estimate of drug-likeness (QED) is 0.257. The smallest absolute Gasteiger partial charge is 0.336 e. The van der Waals surface area contributed by atoms with Crippen LogP contribution in [-0.2, 0) is 6.61 Å². The van der Waals surface area contributed by atoms with E-state index in [9.17, 15) is 18.7 Å². The molecule has 0 spiro atoms. The fourth-order valence-corrected chi connectivity index (χ4v) is 4.51. The van der Waals surface area contributed by atoms with E-state index in [1.165, 1.54) is 18.2 Å². The maximum absolute atomic E-state index is 14.2. The van der Waals surface area contributed by atoms with Gasteiger partial charge >= 0.3 is 5.97 Å². The molecule has 1 N–H and O–H groups in total. The summed E-state index contributed by atoms with van der Waals surface area (Å²) in [4.78, 5) is 12.0. The average Bonchev–Trinajstić information content (AvgIpc) is 3.24. The van der Waals surface area contributed by atoms with E-state index >= 15 is 0 Å². The number of carbonyl (C=O) groups is 1. The van der Waals surface area contributed by atoms with Crippen molar-refractivity contribution in [3.63, 3.8) is 0 Å². The van der Waals surface area contributed by atoms with Crippen molar-refractivity contribution in [1.29, 1.82) is 0 Å². The molecule has 0 aliphatic carbocycles. The minimum absolute atomic E-state index is 0.175. The third-order valence-electron chi connectivity index (χ3n) is 6.06. The normalized spacial score (nSPS) is 11.1. The summed E-state index contributed by atoms with van der Waals surface area (Å²) in [6.07, 6.45) is 0. The van der Waals surface area contributed by atoms with Gasteiger partial charge in [0.2, 0.25) is 0 Å². The molecule has 36 heavy (non-hydrogen) atoms. The van der Waals surface area contributed by atoms with Gasteiger partial charge in [-0.15, -0.1) is 0 Å². The van der Waals surface area contributed by atoms with Crippen molar-refractivity contribution in [3.8, 4) is 22.7 Å². The first-order valence-corrected chi connectivity index (χ1v) is 11.5. The molecule has 0 aliphatic heterocycles. The molecule has 5 rings (SSSR count). The number of hydrogen-bond acceptors (Lipinski definition) is 2. The molecule has 0 radical (unpaired) electrons. The van der Waals surface area contributed by atoms with Crippen LogP contribution in [0.25, 0.3) is 27.7 Å². The fourth-order valence-electron chi connectivity index (χ4n) is 4.34. The third-order valence-corrected chi connectivity index (χ3v) is 6.30. The van der Waals surface area contributed by atoms with Crippen LogP contribution in [0.1, 0.15) is 21.6 Å². The van der Waals surface area contributed by atoms with Crippen molar-refractivity contribution in [3.05, 3.63) is 118 Å². The Morgan fingerprint density at radius 2 is 1.69 bits per heavy atom. The molecule has 1 heterocycles. The van der Waals surface area contributed by atoms with E-state index in [2.05, 4.69) is 0 Å². The molecule has 0 fully saturated rings. The van der Waals surface area contributed by atoms with Crippen molar-refractivity contribution < 1.29 is 23.4 Å². The SMILES string of the molecule is Cc1ccc(-c2cc(Cl)ccc2OCc2c(F)cccc2F)n1-c1cc(C(=O)O)c2ccccc2c1. The number of nitrogens with zero attached hydrogens (tertiary/aromatic N) is 1. The zero-order valence-electron chi connectivity index (χ0n) is 19.1. The summed E-state index contributed by atoms with van der Waals surface area (Å²) in [6, 6.07) is 23.2. The van der Waals surface area contributed by atoms with E-state index in [0.29, 0.717) is 33.1 Å². The van der Waals surface area contributed by atoms with Gasteiger partial charge in [0.25, 0.3) is 0 Å². The number of hydrogen-bond donors (Lipinski definition) is 1. The van der Waals surface area contributed by atoms with E-state index in [0.717, 1.165) is 11.1 Å². The minimum atomic E-state index is -1.03. The van der Waals surface area contributed by atoms with Gasteiger partial charge in [-0.25, -0.2) is 13.6 Å². The highest BCUT2D eigenvalue weighted by Gasteiger charge is 2.18. The minimum Gasteiger partial charge on any atom is -0.488 e. The van der Waals surface area contributed by atoms with Crippen molar-refractivity contribution in [2.45, 2.75) is 13.5 Å². The Labute approximate surface area is 211 Å². The number of rotatable bonds is 6. The second-order valence-electron chi connectivity index (χ2n) is 8.34. The van der Waals surface area contributed by atoms with Crippen LogP contribution in [-0.4, -0.2) is 15.6 Å². The number of aromatic nitrogens is 1. The molecule has 1 aromatic heterocycles. The lowest BCUT2D eigenvalue weighted by molar-refractivity contribution is 0.0699. The van der Waals surface area contributed by atoms with Gasteiger partial charge in [-0.3, -0.25) is 0 Å². The average molecular weight is 504 g/mol. The van der Waals surface area contributed by atoms with Gasteiger partial charge in [0.15, 0.2) is 0 Å². The van der Waals surface area contributed by atoms with Crippen LogP contribution in [0.3, 0.4) is 0 Å². The Morgan fingerprint density at radius 3 is 2.44 bits per heavy atom. The Hall–Kier alpha value is -4.16. The number of fused-ring (bicyclic) bond motifs is 1. The maximum Gasteiger partial charge on any atom is 0.336 e. The summed E-state index contributed by atoms with van der Waals surface area (Å²) in [5.41, 5.74) is 2.78. The van der Waals surface area contributed by atoms with Crippen LogP contribution in [0.5, 0.6) is 5.75 Å². The number of carboxylic acid groups (broad SMARTS) is 1. The number of aryl methyl sites for hydroxylation is 1. The third kappa shape index (κ3) is 4.32. The first-order valence-electron chi connectivity index (χ1n) is 11.1. The second-order valence-corrected chi connectivity index (χ2v) is 8.78. The predicted molar refractivity (Wildman–Crippen MR) is 136 cm³/mol. The van der Waals surface area contributed by atoms with Crippen LogP contribution in [0, 0.1) is 18.6 Å². The molecular weight excluding hydrogens is 484 g/mol. The molecule has 0 bridgehead atoms. The molecule has 4 aromatic carbocycles. The first kappa shape index (κ1) is 23.6. The molecule has 0 saturated heterocycles. The fraction of sp³-hybridized carbons (Fsp3) is 0.0690. The van der Waals surface area contributed by atoms with Crippen LogP contribution in [0.4, 0.5) is 8.78 Å². The number of carboxylic acids is 1. The van der Waals surface area contributed by atoms with Crippen LogP contribution in [0.2, 0.25) is 5.02 Å². The van der Waals surface area contributed by atoms with E-state index < -0.39 is 17.6 Å². The molecule has 4 nitrogen and oxygen atoms in total. The summed E-state index contributed by atoms with van der Waals surface area (Å²) >= 11 is 6.32. The van der Waals surface area contributed by atoms with Gasteiger partial charge in [-0.2, -0.15) is 0 Å². The number of benzene rings is 4. The van der Waals surface area contributed by atoms with Crippen LogP contribution < -0.4 is 4.74 Å². The lowest BCUT2D eigenvalue weighted by Crippen LogP contribution is -2.06. The Morgan fingerprint density at radius 1 is 0.944 bits per heavy atom. The molecule has 0 unspecified atom stereocenters. The molecule has 7 heteroatoms. The number of halogens is 3. The summed E-state index contributed by atoms with van der Waals surface area (Å²) < 4.78 is 36.1. The van der Waals surface area contributed by atoms with E-state index in [4.69, 9.17) is 16.3 Å². The molecular formula is C29H20ClF2NO3. The van der Waals surface area contributed by atoms with Crippen molar-refractivity contribution in [2.24, 2.45) is 0 Å². The van der Waals surface area contributed by atoms with Crippen molar-refractivity contribution in [2.75, 3.05) is 0 Å². The van der Waals surface area contributed by atoms with Crippen LogP contribution in [0.15, 0.2) is 84.9 Å². The largest absolute Gasteiger partial charge is 0.488 e. The summed E-state index contributed by atoms with van der Waals surface area (Å²) in [7, 11) is 0. The molecule has 5 aromatic rings. The molecule has 180 valence electrons. The zero-order valence-corrected chi connectivity index (χ0v) is 19.9. The first-order chi connectivity index (χ1) is 17.3. The van der Waals surface area contributed by atoms with Gasteiger partial charge in [0, 0.05) is 22.0 Å². The van der Waals surface area contributed by atoms with E-state index in [1.54, 1.807) is 36.4 Å². The Kier molecular flexibility index (Phi) is 6.20. The number of ether oxygens (including phenoxy) is 1. The zero-order chi connectivity index (χ0) is 25.4. The topological polar surface area (TPSA) is 51.5 Å². The van der Waals surface area contributed by atoms with Gasteiger partial charge in [-0.1, -0.05) is 41.9 Å². The monoisotopic (exact) mass is 503 g/mol. The number of aromatic carboxylic acids is 1. The second kappa shape index (κ2) is 9.47. The highest BCUT2D eigenvalue weighted by molar-refractivity contribution is 6.31. The van der Waals surface area contributed by atoms with E-state index in [-0.39, 0.29) is 17.7 Å². The highest BCUT2D eigenvalue weighted by atomic mass is 35.5. The molecule has 0 aliphatic rings. The molecule has 0 saturated carbocycles. The maximum atomic E-state index is 14.2. The van der Waals surface area contributed by atoms with Gasteiger partial charge in [0.05, 0.1) is 16.8 Å². The van der Waals surface area contributed by atoms with Crippen molar-refractivity contribution >= 4 is 28.3 Å². The molecule has 0 amide bonds. The van der Waals surface area contributed by atoms with E-state index in [1.807, 2.05) is 41.8 Å². The lowest BCUT2D eigenvalue weighted by atomic mass is 10.0. The highest BCUT2D eigenvalue weighted by Crippen LogP contribution is 2.37. The van der Waals surface area contributed by atoms with Crippen LogP contribution >= 0.6 is 11.6 Å². The Balaban J connectivity index is 1.64. The Bertz CT molecular complexity index is 1610. The van der Waals surface area contributed by atoms with Gasteiger partial charge in [-0.05, 0) is 72.3 Å². The predicted octanol–water partition coefficient (Wildman–Crippen LogP) is 7.81. The molecule has 0 atom stereocenters. The van der Waals surface area contributed by atoms with Gasteiger partial charge < -0.3 is 14.4 Å². The summed E-state index contributed by atoms with van der Waals surface area (Å²) in [5, 5.41) is 11.7. The summed E-state index contributed by atoms with van der Waals surface area (Å²) in [5.74, 6) is -2.04. The summed E-state index contributed by atoms with van der Waals surface area (Å²) in [6.45, 7) is 1.59. The standard InChI is InChI=1S/C29H20ClF2NO3/c1-17-9-11-27(33(17)20-13-18-5-2-3-6-21(18)22(15-20)29(34)35)23-14-19(30)10-12-28(23)36-16-24-25(31)7-4-8-26(24)32/h2-15H,16H2,1H3,(H,34,35). The lowest BCUT2D eigenvalue weighted by Gasteiger charge is -2.17. The van der Waals surface area contributed by atoms with Crippen molar-refractivity contribution in [1.82, 2.24) is 4.57 Å².